The van der Waals surface area contributed by atoms with Gasteiger partial charge in [0.1, 0.15) is 0 Å². The third kappa shape index (κ3) is 2.57. The van der Waals surface area contributed by atoms with Crippen LogP contribution in [0.2, 0.25) is 0 Å². The van der Waals surface area contributed by atoms with Crippen LogP contribution in [0, 0.1) is 0 Å². The van der Waals surface area contributed by atoms with Crippen molar-refractivity contribution in [2.24, 2.45) is 7.05 Å². The van der Waals surface area contributed by atoms with Crippen LogP contribution in [0.1, 0.15) is 23.3 Å². The molecule has 0 bridgehead atoms. The standard InChI is InChI=1S/C19H18N4S/c1-22-12-10-14(13-22)18-17(16-9-5-6-11-20-16)21-19(24)23(18)15-7-3-2-4-8-15/h2-13,17-18H,1H3,(H,21,24)/t17-,18-/m1/s1. The van der Waals surface area contributed by atoms with Gasteiger partial charge >= 0.3 is 0 Å². The molecule has 4 rings (SSSR count). The largest absolute Gasteiger partial charge is 0.357 e. The lowest BCUT2D eigenvalue weighted by atomic mass is 9.99. The number of benzene rings is 1. The Hall–Kier alpha value is -2.66. The quantitative estimate of drug-likeness (QED) is 0.742. The molecule has 0 saturated carbocycles. The Labute approximate surface area is 146 Å². The van der Waals surface area contributed by atoms with Crippen molar-refractivity contribution < 1.29 is 0 Å². The Morgan fingerprint density at radius 1 is 1.04 bits per heavy atom. The molecule has 2 atom stereocenters. The zero-order valence-electron chi connectivity index (χ0n) is 13.3. The second kappa shape index (κ2) is 6.09. The summed E-state index contributed by atoms with van der Waals surface area (Å²) in [7, 11) is 2.03. The predicted molar refractivity (Wildman–Crippen MR) is 99.8 cm³/mol. The van der Waals surface area contributed by atoms with Crippen LogP contribution >= 0.6 is 12.2 Å². The molecule has 1 N–H and O–H groups in total. The molecule has 4 nitrogen and oxygen atoms in total. The first kappa shape index (κ1) is 14.9. The van der Waals surface area contributed by atoms with E-state index in [1.54, 1.807) is 0 Å². The molecule has 3 heterocycles. The Bertz CT molecular complexity index is 844. The molecule has 1 fully saturated rings. The molecule has 0 amide bonds. The smallest absolute Gasteiger partial charge is 0.174 e. The van der Waals surface area contributed by atoms with Gasteiger partial charge in [-0.2, -0.15) is 0 Å². The van der Waals surface area contributed by atoms with Crippen molar-refractivity contribution >= 4 is 23.0 Å². The van der Waals surface area contributed by atoms with Gasteiger partial charge in [0.05, 0.1) is 17.8 Å². The molecule has 0 aliphatic carbocycles. The zero-order chi connectivity index (χ0) is 16.5. The van der Waals surface area contributed by atoms with Crippen molar-refractivity contribution in [2.75, 3.05) is 4.90 Å². The number of aromatic nitrogens is 2. The van der Waals surface area contributed by atoms with Gasteiger partial charge in [0, 0.05) is 31.3 Å². The van der Waals surface area contributed by atoms with E-state index in [2.05, 4.69) is 50.4 Å². The summed E-state index contributed by atoms with van der Waals surface area (Å²) in [6.07, 6.45) is 6.04. The molecule has 1 aromatic carbocycles. The molecule has 120 valence electrons. The van der Waals surface area contributed by atoms with Crippen LogP contribution in [0.5, 0.6) is 0 Å². The normalized spacial score (nSPS) is 20.2. The Morgan fingerprint density at radius 2 is 1.83 bits per heavy atom. The summed E-state index contributed by atoms with van der Waals surface area (Å²) in [6, 6.07) is 18.5. The third-order valence-corrected chi connectivity index (χ3v) is 4.64. The van der Waals surface area contributed by atoms with Gasteiger partial charge in [0.2, 0.25) is 0 Å². The summed E-state index contributed by atoms with van der Waals surface area (Å²) in [4.78, 5) is 6.73. The van der Waals surface area contributed by atoms with Crippen molar-refractivity contribution in [1.29, 1.82) is 0 Å². The van der Waals surface area contributed by atoms with Crippen molar-refractivity contribution in [2.45, 2.75) is 12.1 Å². The molecule has 1 saturated heterocycles. The van der Waals surface area contributed by atoms with Crippen LogP contribution in [0.25, 0.3) is 0 Å². The summed E-state index contributed by atoms with van der Waals surface area (Å²) >= 11 is 5.66. The highest BCUT2D eigenvalue weighted by Gasteiger charge is 2.40. The predicted octanol–water partition coefficient (Wildman–Crippen LogP) is 3.60. The summed E-state index contributed by atoms with van der Waals surface area (Å²) in [5.74, 6) is 0. The van der Waals surface area contributed by atoms with Gasteiger partial charge in [-0.3, -0.25) is 4.98 Å². The fraction of sp³-hybridized carbons (Fsp3) is 0.158. The van der Waals surface area contributed by atoms with E-state index < -0.39 is 0 Å². The topological polar surface area (TPSA) is 33.1 Å². The number of anilines is 1. The van der Waals surface area contributed by atoms with Crippen LogP contribution < -0.4 is 10.2 Å². The van der Waals surface area contributed by atoms with E-state index in [0.29, 0.717) is 0 Å². The minimum atomic E-state index is 0.0151. The Morgan fingerprint density at radius 3 is 2.50 bits per heavy atom. The number of hydrogen-bond donors (Lipinski definition) is 1. The van der Waals surface area contributed by atoms with E-state index in [9.17, 15) is 0 Å². The van der Waals surface area contributed by atoms with E-state index in [4.69, 9.17) is 12.2 Å². The molecule has 1 aliphatic heterocycles. The lowest BCUT2D eigenvalue weighted by molar-refractivity contribution is 0.567. The highest BCUT2D eigenvalue weighted by Crippen LogP contribution is 2.41. The molecule has 1 aliphatic rings. The summed E-state index contributed by atoms with van der Waals surface area (Å²) in [5.41, 5.74) is 3.29. The van der Waals surface area contributed by atoms with Crippen molar-refractivity contribution in [3.63, 3.8) is 0 Å². The second-order valence-corrected chi connectivity index (χ2v) is 6.33. The molecular formula is C19H18N4S. The van der Waals surface area contributed by atoms with E-state index in [1.807, 2.05) is 49.6 Å². The first-order valence-electron chi connectivity index (χ1n) is 7.91. The highest BCUT2D eigenvalue weighted by molar-refractivity contribution is 7.80. The number of nitrogens with zero attached hydrogens (tertiary/aromatic N) is 3. The molecule has 0 spiro atoms. The molecule has 0 unspecified atom stereocenters. The number of nitrogens with one attached hydrogen (secondary N) is 1. The second-order valence-electron chi connectivity index (χ2n) is 5.94. The first-order valence-corrected chi connectivity index (χ1v) is 8.32. The number of aryl methyl sites for hydroxylation is 1. The van der Waals surface area contributed by atoms with Gasteiger partial charge in [-0.25, -0.2) is 0 Å². The molecule has 3 aromatic rings. The summed E-state index contributed by atoms with van der Waals surface area (Å²) < 4.78 is 2.06. The fourth-order valence-electron chi connectivity index (χ4n) is 3.26. The van der Waals surface area contributed by atoms with Gasteiger partial charge in [-0.05, 0) is 48.1 Å². The molecule has 5 heteroatoms. The van der Waals surface area contributed by atoms with Gasteiger partial charge in [0.25, 0.3) is 0 Å². The average molecular weight is 334 g/mol. The molecule has 24 heavy (non-hydrogen) atoms. The van der Waals surface area contributed by atoms with Crippen LogP contribution in [-0.4, -0.2) is 14.7 Å². The molecular weight excluding hydrogens is 316 g/mol. The van der Waals surface area contributed by atoms with Gasteiger partial charge in [-0.15, -0.1) is 0 Å². The number of rotatable bonds is 3. The zero-order valence-corrected chi connectivity index (χ0v) is 14.1. The molecule has 2 aromatic heterocycles. The molecule has 0 radical (unpaired) electrons. The van der Waals surface area contributed by atoms with Crippen LogP contribution in [0.15, 0.2) is 73.2 Å². The highest BCUT2D eigenvalue weighted by atomic mass is 32.1. The Balaban J connectivity index is 1.82. The number of hydrogen-bond acceptors (Lipinski definition) is 2. The third-order valence-electron chi connectivity index (χ3n) is 4.33. The van der Waals surface area contributed by atoms with Crippen molar-refractivity contribution in [1.82, 2.24) is 14.9 Å². The number of pyridine rings is 1. The summed E-state index contributed by atoms with van der Waals surface area (Å²) in [6.45, 7) is 0. The number of para-hydroxylation sites is 1. The van der Waals surface area contributed by atoms with Crippen LogP contribution in [-0.2, 0) is 7.05 Å². The maximum atomic E-state index is 5.66. The monoisotopic (exact) mass is 334 g/mol. The minimum Gasteiger partial charge on any atom is -0.357 e. The van der Waals surface area contributed by atoms with Gasteiger partial charge < -0.3 is 14.8 Å². The minimum absolute atomic E-state index is 0.0151. The first-order chi connectivity index (χ1) is 11.7. The number of thiocarbonyl (C=S) groups is 1. The fourth-order valence-corrected chi connectivity index (χ4v) is 3.61. The summed E-state index contributed by atoms with van der Waals surface area (Å²) in [5, 5.41) is 4.19. The van der Waals surface area contributed by atoms with Crippen molar-refractivity contribution in [3.8, 4) is 0 Å². The van der Waals surface area contributed by atoms with Gasteiger partial charge in [-0.1, -0.05) is 24.3 Å². The van der Waals surface area contributed by atoms with Crippen LogP contribution in [0.3, 0.4) is 0 Å². The van der Waals surface area contributed by atoms with E-state index >= 15 is 0 Å². The van der Waals surface area contributed by atoms with Crippen LogP contribution in [0.4, 0.5) is 5.69 Å². The van der Waals surface area contributed by atoms with Gasteiger partial charge in [0.15, 0.2) is 5.11 Å². The lowest BCUT2D eigenvalue weighted by Gasteiger charge is -2.27. The maximum absolute atomic E-state index is 5.66. The lowest BCUT2D eigenvalue weighted by Crippen LogP contribution is -2.29. The average Bonchev–Trinajstić information content (AvgIpc) is 3.19. The van der Waals surface area contributed by atoms with E-state index in [-0.39, 0.29) is 12.1 Å². The van der Waals surface area contributed by atoms with E-state index in [0.717, 1.165) is 16.5 Å². The van der Waals surface area contributed by atoms with E-state index in [1.165, 1.54) is 5.56 Å². The maximum Gasteiger partial charge on any atom is 0.174 e. The Kier molecular flexibility index (Phi) is 3.78. The van der Waals surface area contributed by atoms with Crippen molar-refractivity contribution in [3.05, 3.63) is 84.4 Å². The SMILES string of the molecule is Cn1ccc([C@@H]2[C@@H](c3ccccn3)NC(=S)N2c2ccccc2)c1.